The molecule has 0 bridgehead atoms. The Morgan fingerprint density at radius 3 is 2.47 bits per heavy atom. The van der Waals surface area contributed by atoms with Crippen LogP contribution in [-0.2, 0) is 0 Å². The number of nitrogens with one attached hydrogen (secondary N) is 1. The van der Waals surface area contributed by atoms with E-state index in [1.807, 2.05) is 30.5 Å². The van der Waals surface area contributed by atoms with Gasteiger partial charge in [-0.25, -0.2) is 4.39 Å². The Labute approximate surface area is 199 Å². The van der Waals surface area contributed by atoms with E-state index < -0.39 is 0 Å². The fraction of sp³-hybridized carbons (Fsp3) is 0.308. The molecule has 0 aliphatic carbocycles. The van der Waals surface area contributed by atoms with Gasteiger partial charge in [-0.2, -0.15) is 0 Å². The van der Waals surface area contributed by atoms with Crippen molar-refractivity contribution in [3.05, 3.63) is 83.9 Å². The van der Waals surface area contributed by atoms with Crippen molar-refractivity contribution in [2.24, 2.45) is 0 Å². The molecule has 1 aliphatic heterocycles. The van der Waals surface area contributed by atoms with Crippen LogP contribution < -0.4 is 19.7 Å². The van der Waals surface area contributed by atoms with Crippen molar-refractivity contribution in [2.45, 2.75) is 6.04 Å². The summed E-state index contributed by atoms with van der Waals surface area (Å²) in [4.78, 5) is 21.6. The molecule has 1 saturated heterocycles. The average molecular weight is 465 g/mol. The van der Waals surface area contributed by atoms with Gasteiger partial charge in [0.05, 0.1) is 25.9 Å². The maximum Gasteiger partial charge on any atom is 0.251 e. The summed E-state index contributed by atoms with van der Waals surface area (Å²) in [7, 11) is 3.10. The van der Waals surface area contributed by atoms with Crippen molar-refractivity contribution in [3.8, 4) is 11.5 Å². The number of para-hydroxylation sites is 1. The number of piperazine rings is 1. The van der Waals surface area contributed by atoms with Gasteiger partial charge in [0.15, 0.2) is 11.5 Å². The SMILES string of the molecule is COc1ccc(C(=O)NC[C@@H](c2cccnc2)N2CCN(c3ccccc3F)CC2)cc1OC. The number of amides is 1. The molecule has 1 fully saturated rings. The first-order valence-electron chi connectivity index (χ1n) is 11.2. The first-order valence-corrected chi connectivity index (χ1v) is 11.2. The number of hydrogen-bond donors (Lipinski definition) is 1. The fourth-order valence-corrected chi connectivity index (χ4v) is 4.28. The average Bonchev–Trinajstić information content (AvgIpc) is 2.89. The number of anilines is 1. The second-order valence-corrected chi connectivity index (χ2v) is 8.06. The standard InChI is InChI=1S/C26H29FN4O3/c1-33-24-10-9-19(16-25(24)34-2)26(32)29-18-23(20-6-5-11-28-17-20)31-14-12-30(13-15-31)22-8-4-3-7-21(22)27/h3-11,16-17,23H,12-15,18H2,1-2H3,(H,29,32)/t23-/m0/s1. The number of nitrogens with zero attached hydrogens (tertiary/aromatic N) is 3. The molecule has 7 nitrogen and oxygen atoms in total. The van der Waals surface area contributed by atoms with E-state index in [4.69, 9.17) is 9.47 Å². The van der Waals surface area contributed by atoms with Crippen LogP contribution in [0.5, 0.6) is 11.5 Å². The summed E-state index contributed by atoms with van der Waals surface area (Å²) in [6, 6.07) is 15.8. The number of ether oxygens (including phenoxy) is 2. The van der Waals surface area contributed by atoms with Gasteiger partial charge in [0.1, 0.15) is 5.82 Å². The van der Waals surface area contributed by atoms with Crippen molar-refractivity contribution < 1.29 is 18.7 Å². The molecular weight excluding hydrogens is 435 g/mol. The first-order chi connectivity index (χ1) is 16.6. The van der Waals surface area contributed by atoms with Gasteiger partial charge in [-0.1, -0.05) is 18.2 Å². The quantitative estimate of drug-likeness (QED) is 0.550. The lowest BCUT2D eigenvalue weighted by molar-refractivity contribution is 0.0929. The highest BCUT2D eigenvalue weighted by Crippen LogP contribution is 2.28. The molecule has 34 heavy (non-hydrogen) atoms. The van der Waals surface area contributed by atoms with Gasteiger partial charge in [-0.05, 0) is 42.0 Å². The lowest BCUT2D eigenvalue weighted by Crippen LogP contribution is -2.50. The lowest BCUT2D eigenvalue weighted by Gasteiger charge is -2.40. The highest BCUT2D eigenvalue weighted by molar-refractivity contribution is 5.94. The van der Waals surface area contributed by atoms with Crippen molar-refractivity contribution in [1.82, 2.24) is 15.2 Å². The van der Waals surface area contributed by atoms with Gasteiger partial charge in [0.2, 0.25) is 0 Å². The van der Waals surface area contributed by atoms with Crippen LogP contribution in [0.25, 0.3) is 0 Å². The van der Waals surface area contributed by atoms with Gasteiger partial charge in [0.25, 0.3) is 5.91 Å². The van der Waals surface area contributed by atoms with E-state index in [0.29, 0.717) is 42.4 Å². The van der Waals surface area contributed by atoms with Gasteiger partial charge in [-0.15, -0.1) is 0 Å². The molecule has 2 aromatic carbocycles. The van der Waals surface area contributed by atoms with E-state index in [1.54, 1.807) is 44.7 Å². The van der Waals surface area contributed by atoms with Crippen LogP contribution in [0.3, 0.4) is 0 Å². The number of halogens is 1. The Balaban J connectivity index is 1.45. The molecule has 178 valence electrons. The highest BCUT2D eigenvalue weighted by Gasteiger charge is 2.27. The van der Waals surface area contributed by atoms with Crippen LogP contribution in [0, 0.1) is 5.82 Å². The maximum atomic E-state index is 14.2. The van der Waals surface area contributed by atoms with E-state index in [-0.39, 0.29) is 17.8 Å². The summed E-state index contributed by atoms with van der Waals surface area (Å²) in [6.07, 6.45) is 3.56. The number of hydrogen-bond acceptors (Lipinski definition) is 6. The smallest absolute Gasteiger partial charge is 0.251 e. The van der Waals surface area contributed by atoms with E-state index in [9.17, 15) is 9.18 Å². The minimum atomic E-state index is -0.207. The molecule has 1 atom stereocenters. The Morgan fingerprint density at radius 2 is 1.79 bits per heavy atom. The summed E-state index contributed by atoms with van der Waals surface area (Å²) in [5.41, 5.74) is 2.14. The van der Waals surface area contributed by atoms with Crippen molar-refractivity contribution >= 4 is 11.6 Å². The molecule has 1 N–H and O–H groups in total. The monoisotopic (exact) mass is 464 g/mol. The topological polar surface area (TPSA) is 66.9 Å². The number of pyridine rings is 1. The molecule has 2 heterocycles. The van der Waals surface area contributed by atoms with Gasteiger partial charge in [0, 0.05) is 50.7 Å². The summed E-state index contributed by atoms with van der Waals surface area (Å²) < 4.78 is 24.8. The van der Waals surface area contributed by atoms with Crippen LogP contribution in [0.2, 0.25) is 0 Å². The van der Waals surface area contributed by atoms with Crippen LogP contribution >= 0.6 is 0 Å². The molecule has 4 rings (SSSR count). The second-order valence-electron chi connectivity index (χ2n) is 8.06. The molecular formula is C26H29FN4O3. The zero-order valence-corrected chi connectivity index (χ0v) is 19.4. The van der Waals surface area contributed by atoms with Crippen molar-refractivity contribution in [2.75, 3.05) is 51.8 Å². The fourth-order valence-electron chi connectivity index (χ4n) is 4.28. The molecule has 0 radical (unpaired) electrons. The molecule has 0 unspecified atom stereocenters. The Kier molecular flexibility index (Phi) is 7.59. The molecule has 3 aromatic rings. The zero-order valence-electron chi connectivity index (χ0n) is 19.4. The third-order valence-electron chi connectivity index (χ3n) is 6.12. The maximum absolute atomic E-state index is 14.2. The Morgan fingerprint density at radius 1 is 1.03 bits per heavy atom. The summed E-state index contributed by atoms with van der Waals surface area (Å²) >= 11 is 0. The lowest BCUT2D eigenvalue weighted by atomic mass is 10.1. The molecule has 1 aromatic heterocycles. The first kappa shape index (κ1) is 23.5. The van der Waals surface area contributed by atoms with Gasteiger partial charge in [-0.3, -0.25) is 14.7 Å². The Hall–Kier alpha value is -3.65. The number of carbonyl (C=O) groups excluding carboxylic acids is 1. The number of benzene rings is 2. The molecule has 8 heteroatoms. The number of aromatic nitrogens is 1. The minimum Gasteiger partial charge on any atom is -0.493 e. The van der Waals surface area contributed by atoms with Crippen LogP contribution in [-0.4, -0.2) is 62.7 Å². The highest BCUT2D eigenvalue weighted by atomic mass is 19.1. The molecule has 1 aliphatic rings. The van der Waals surface area contributed by atoms with Gasteiger partial charge >= 0.3 is 0 Å². The summed E-state index contributed by atoms with van der Waals surface area (Å²) in [5.74, 6) is 0.671. The number of methoxy groups -OCH3 is 2. The number of rotatable bonds is 8. The molecule has 0 spiro atoms. The van der Waals surface area contributed by atoms with Gasteiger partial charge < -0.3 is 19.7 Å². The summed E-state index contributed by atoms with van der Waals surface area (Å²) in [5, 5.41) is 3.06. The minimum absolute atomic E-state index is 0.0550. The predicted octanol–water partition coefficient (Wildman–Crippen LogP) is 3.53. The van der Waals surface area contributed by atoms with Crippen LogP contribution in [0.15, 0.2) is 67.0 Å². The van der Waals surface area contributed by atoms with E-state index >= 15 is 0 Å². The third kappa shape index (κ3) is 5.28. The Bertz CT molecular complexity index is 1100. The van der Waals surface area contributed by atoms with Crippen molar-refractivity contribution in [1.29, 1.82) is 0 Å². The predicted molar refractivity (Wildman–Crippen MR) is 129 cm³/mol. The van der Waals surface area contributed by atoms with E-state index in [2.05, 4.69) is 20.1 Å². The third-order valence-corrected chi connectivity index (χ3v) is 6.12. The van der Waals surface area contributed by atoms with Crippen molar-refractivity contribution in [3.63, 3.8) is 0 Å². The largest absolute Gasteiger partial charge is 0.493 e. The zero-order chi connectivity index (χ0) is 23.9. The normalized spacial score (nSPS) is 15.0. The summed E-state index contributed by atoms with van der Waals surface area (Å²) in [6.45, 7) is 3.28. The van der Waals surface area contributed by atoms with E-state index in [0.717, 1.165) is 18.7 Å². The molecule has 0 saturated carbocycles. The van der Waals surface area contributed by atoms with Crippen LogP contribution in [0.1, 0.15) is 22.0 Å². The number of carbonyl (C=O) groups is 1. The molecule has 1 amide bonds. The van der Waals surface area contributed by atoms with Crippen LogP contribution in [0.4, 0.5) is 10.1 Å². The second kappa shape index (κ2) is 11.0. The van der Waals surface area contributed by atoms with E-state index in [1.165, 1.54) is 6.07 Å².